The molecule has 3 heteroatoms. The van der Waals surface area contributed by atoms with Gasteiger partial charge in [-0.2, -0.15) is 0 Å². The Morgan fingerprint density at radius 1 is 0.684 bits per heavy atom. The lowest BCUT2D eigenvalue weighted by Crippen LogP contribution is -2.06. The standard InChI is InChI=1S/C16H16Cl2S/c17-15(11-13-7-3-1-4-8-13)19-16(18)12-14-9-5-2-6-10-14/h1-10,15-16H,11-12H2/t15-,16-/m0/s1. The fraction of sp³-hybridized carbons (Fsp3) is 0.250. The van der Waals surface area contributed by atoms with Crippen molar-refractivity contribution in [2.75, 3.05) is 0 Å². The summed E-state index contributed by atoms with van der Waals surface area (Å²) in [5.74, 6) is 0. The van der Waals surface area contributed by atoms with Crippen molar-refractivity contribution in [3.8, 4) is 0 Å². The highest BCUT2D eigenvalue weighted by Gasteiger charge is 2.13. The zero-order valence-corrected chi connectivity index (χ0v) is 12.8. The normalized spacial score (nSPS) is 14.0. The minimum absolute atomic E-state index is 0.00797. The van der Waals surface area contributed by atoms with Crippen LogP contribution in [0.2, 0.25) is 0 Å². The van der Waals surface area contributed by atoms with Gasteiger partial charge in [0.05, 0.1) is 9.42 Å². The van der Waals surface area contributed by atoms with Gasteiger partial charge < -0.3 is 0 Å². The molecule has 0 amide bonds. The molecule has 0 aliphatic carbocycles. The molecule has 0 aliphatic rings. The first-order valence-electron chi connectivity index (χ1n) is 6.25. The SMILES string of the molecule is Cl[C@H](Cc1ccccc1)S[C@H](Cl)Cc1ccccc1. The number of thioether (sulfide) groups is 1. The highest BCUT2D eigenvalue weighted by molar-refractivity contribution is 8.02. The molecule has 2 rings (SSSR count). The Hall–Kier alpha value is -0.630. The van der Waals surface area contributed by atoms with E-state index in [1.54, 1.807) is 11.8 Å². The number of alkyl halides is 2. The maximum Gasteiger partial charge on any atom is 0.0843 e. The Bertz CT molecular complexity index is 427. The monoisotopic (exact) mass is 310 g/mol. The van der Waals surface area contributed by atoms with Crippen molar-refractivity contribution >= 4 is 35.0 Å². The van der Waals surface area contributed by atoms with Crippen molar-refractivity contribution in [3.05, 3.63) is 71.8 Å². The number of rotatable bonds is 6. The summed E-state index contributed by atoms with van der Waals surface area (Å²) in [6, 6.07) is 20.5. The van der Waals surface area contributed by atoms with Crippen molar-refractivity contribution in [3.63, 3.8) is 0 Å². The van der Waals surface area contributed by atoms with Gasteiger partial charge in [0.1, 0.15) is 0 Å². The molecule has 0 saturated heterocycles. The largest absolute Gasteiger partial charge is 0.122 e. The van der Waals surface area contributed by atoms with Crippen LogP contribution in [0.25, 0.3) is 0 Å². The van der Waals surface area contributed by atoms with Crippen LogP contribution in [-0.2, 0) is 12.8 Å². The van der Waals surface area contributed by atoms with Crippen molar-refractivity contribution in [1.29, 1.82) is 0 Å². The highest BCUT2D eigenvalue weighted by Crippen LogP contribution is 2.29. The van der Waals surface area contributed by atoms with Gasteiger partial charge in [-0.3, -0.25) is 0 Å². The lowest BCUT2D eigenvalue weighted by atomic mass is 10.2. The summed E-state index contributed by atoms with van der Waals surface area (Å²) in [6.45, 7) is 0. The molecule has 0 unspecified atom stereocenters. The highest BCUT2D eigenvalue weighted by atomic mass is 35.5. The molecule has 2 aromatic rings. The van der Waals surface area contributed by atoms with Crippen LogP contribution in [-0.4, -0.2) is 9.42 Å². The predicted octanol–water partition coefficient (Wildman–Crippen LogP) is 5.33. The van der Waals surface area contributed by atoms with Gasteiger partial charge in [0.25, 0.3) is 0 Å². The summed E-state index contributed by atoms with van der Waals surface area (Å²) in [7, 11) is 0. The van der Waals surface area contributed by atoms with Crippen LogP contribution in [0.15, 0.2) is 60.7 Å². The van der Waals surface area contributed by atoms with E-state index < -0.39 is 0 Å². The van der Waals surface area contributed by atoms with Crippen LogP contribution in [0.5, 0.6) is 0 Å². The second kappa shape index (κ2) is 7.84. The molecular weight excluding hydrogens is 295 g/mol. The van der Waals surface area contributed by atoms with Crippen molar-refractivity contribution in [2.24, 2.45) is 0 Å². The zero-order valence-electron chi connectivity index (χ0n) is 10.5. The average Bonchev–Trinajstić information content (AvgIpc) is 2.40. The van der Waals surface area contributed by atoms with E-state index in [1.807, 2.05) is 36.4 Å². The lowest BCUT2D eigenvalue weighted by molar-refractivity contribution is 1.06. The molecule has 0 spiro atoms. The van der Waals surface area contributed by atoms with E-state index >= 15 is 0 Å². The fourth-order valence-electron chi connectivity index (χ4n) is 1.86. The van der Waals surface area contributed by atoms with E-state index in [4.69, 9.17) is 23.2 Å². The molecule has 0 nitrogen and oxygen atoms in total. The quantitative estimate of drug-likeness (QED) is 0.649. The van der Waals surface area contributed by atoms with Gasteiger partial charge in [-0.05, 0) is 24.0 Å². The molecular formula is C16H16Cl2S. The van der Waals surface area contributed by atoms with Gasteiger partial charge >= 0.3 is 0 Å². The van der Waals surface area contributed by atoms with Gasteiger partial charge in [-0.15, -0.1) is 35.0 Å². The van der Waals surface area contributed by atoms with Gasteiger partial charge in [-0.25, -0.2) is 0 Å². The summed E-state index contributed by atoms with van der Waals surface area (Å²) >= 11 is 14.3. The van der Waals surface area contributed by atoms with Crippen LogP contribution in [0.4, 0.5) is 0 Å². The molecule has 2 atom stereocenters. The van der Waals surface area contributed by atoms with Gasteiger partial charge in [-0.1, -0.05) is 60.7 Å². The number of benzene rings is 2. The second-order valence-corrected chi connectivity index (χ2v) is 7.32. The van der Waals surface area contributed by atoms with Gasteiger partial charge in [0.15, 0.2) is 0 Å². The van der Waals surface area contributed by atoms with Crippen molar-refractivity contribution in [1.82, 2.24) is 0 Å². The summed E-state index contributed by atoms with van der Waals surface area (Å²) in [6.07, 6.45) is 1.68. The van der Waals surface area contributed by atoms with E-state index in [2.05, 4.69) is 24.3 Å². The summed E-state index contributed by atoms with van der Waals surface area (Å²) in [5.41, 5.74) is 2.50. The molecule has 0 bridgehead atoms. The molecule has 0 heterocycles. The zero-order chi connectivity index (χ0) is 13.5. The van der Waals surface area contributed by atoms with E-state index in [9.17, 15) is 0 Å². The van der Waals surface area contributed by atoms with Crippen LogP contribution in [0, 0.1) is 0 Å². The molecule has 0 saturated carbocycles. The molecule has 0 radical (unpaired) electrons. The van der Waals surface area contributed by atoms with E-state index in [-0.39, 0.29) is 9.42 Å². The summed E-state index contributed by atoms with van der Waals surface area (Å²) in [5, 5.41) is 0. The molecule has 0 N–H and O–H groups in total. The second-order valence-electron chi connectivity index (χ2n) is 4.34. The van der Waals surface area contributed by atoms with E-state index in [0.717, 1.165) is 12.8 Å². The van der Waals surface area contributed by atoms with Crippen molar-refractivity contribution in [2.45, 2.75) is 22.3 Å². The Balaban J connectivity index is 1.80. The summed E-state index contributed by atoms with van der Waals surface area (Å²) < 4.78 is 0.0159. The first-order chi connectivity index (χ1) is 9.24. The Kier molecular flexibility index (Phi) is 6.09. The minimum atomic E-state index is 0.00797. The maximum absolute atomic E-state index is 6.35. The molecule has 0 aromatic heterocycles. The van der Waals surface area contributed by atoms with Crippen LogP contribution >= 0.6 is 35.0 Å². The van der Waals surface area contributed by atoms with Crippen LogP contribution < -0.4 is 0 Å². The molecule has 0 aliphatic heterocycles. The number of hydrogen-bond acceptors (Lipinski definition) is 1. The van der Waals surface area contributed by atoms with Crippen LogP contribution in [0.3, 0.4) is 0 Å². The Labute approximate surface area is 129 Å². The first-order valence-corrected chi connectivity index (χ1v) is 8.07. The topological polar surface area (TPSA) is 0 Å². The minimum Gasteiger partial charge on any atom is -0.122 e. The fourth-order valence-corrected chi connectivity index (χ4v) is 4.01. The molecule has 0 fully saturated rings. The maximum atomic E-state index is 6.35. The third kappa shape index (κ3) is 5.48. The predicted molar refractivity (Wildman–Crippen MR) is 87.2 cm³/mol. The number of halogens is 2. The molecule has 2 aromatic carbocycles. The summed E-state index contributed by atoms with van der Waals surface area (Å²) in [4.78, 5) is 0. The van der Waals surface area contributed by atoms with Gasteiger partial charge in [0, 0.05) is 0 Å². The third-order valence-corrected chi connectivity index (χ3v) is 4.62. The molecule has 19 heavy (non-hydrogen) atoms. The van der Waals surface area contributed by atoms with E-state index in [1.165, 1.54) is 11.1 Å². The van der Waals surface area contributed by atoms with Crippen molar-refractivity contribution < 1.29 is 0 Å². The Morgan fingerprint density at radius 2 is 1.05 bits per heavy atom. The Morgan fingerprint density at radius 3 is 1.42 bits per heavy atom. The number of hydrogen-bond donors (Lipinski definition) is 0. The van der Waals surface area contributed by atoms with Gasteiger partial charge in [0.2, 0.25) is 0 Å². The molecule has 100 valence electrons. The first kappa shape index (κ1) is 14.8. The average molecular weight is 311 g/mol. The van der Waals surface area contributed by atoms with Crippen LogP contribution in [0.1, 0.15) is 11.1 Å². The third-order valence-electron chi connectivity index (χ3n) is 2.77. The lowest BCUT2D eigenvalue weighted by Gasteiger charge is -2.14. The van der Waals surface area contributed by atoms with E-state index in [0.29, 0.717) is 0 Å². The smallest absolute Gasteiger partial charge is 0.0843 e.